The topological polar surface area (TPSA) is 50.1 Å². The lowest BCUT2D eigenvalue weighted by Crippen LogP contribution is -1.98. The van der Waals surface area contributed by atoms with E-state index < -0.39 is 0 Å². The molecule has 0 saturated heterocycles. The molecule has 1 rings (SSSR count). The molecule has 1 aromatic carbocycles. The van der Waals surface area contributed by atoms with Crippen molar-refractivity contribution in [3.63, 3.8) is 0 Å². The lowest BCUT2D eigenvalue weighted by molar-refractivity contribution is 0.112. The lowest BCUT2D eigenvalue weighted by Gasteiger charge is -2.07. The van der Waals surface area contributed by atoms with Gasteiger partial charge in [-0.1, -0.05) is 23.2 Å². The molecule has 5 heteroatoms. The lowest BCUT2D eigenvalue weighted by atomic mass is 10.2. The van der Waals surface area contributed by atoms with Crippen LogP contribution in [0.4, 0.5) is 0 Å². The van der Waals surface area contributed by atoms with E-state index in [4.69, 9.17) is 33.2 Å². The third-order valence-electron chi connectivity index (χ3n) is 1.45. The van der Waals surface area contributed by atoms with E-state index >= 15 is 0 Å². The fourth-order valence-corrected chi connectivity index (χ4v) is 1.49. The summed E-state index contributed by atoms with van der Waals surface area (Å²) in [5.41, 5.74) is 0.234. The maximum Gasteiger partial charge on any atom is 0.174 e. The summed E-state index contributed by atoms with van der Waals surface area (Å²) in [5.74, 6) is 0.188. The Morgan fingerprint density at radius 3 is 2.79 bits per heavy atom. The predicted molar refractivity (Wildman–Crippen MR) is 53.0 cm³/mol. The first-order valence-electron chi connectivity index (χ1n) is 3.63. The van der Waals surface area contributed by atoms with Gasteiger partial charge in [0, 0.05) is 5.02 Å². The van der Waals surface area contributed by atoms with Crippen LogP contribution in [0.25, 0.3) is 0 Å². The van der Waals surface area contributed by atoms with Crippen LogP contribution in [-0.2, 0) is 0 Å². The van der Waals surface area contributed by atoms with Gasteiger partial charge in [-0.15, -0.1) is 0 Å². The van der Waals surface area contributed by atoms with Crippen LogP contribution in [0.1, 0.15) is 10.4 Å². The Balaban J connectivity index is 3.13. The fourth-order valence-electron chi connectivity index (χ4n) is 0.925. The van der Waals surface area contributed by atoms with Gasteiger partial charge in [0.1, 0.15) is 11.8 Å². The average Bonchev–Trinajstić information content (AvgIpc) is 2.15. The van der Waals surface area contributed by atoms with Crippen molar-refractivity contribution in [2.24, 2.45) is 0 Å². The SMILES string of the molecule is N#CCOc1c(Cl)cc(Cl)cc1C=O. The normalized spacial score (nSPS) is 9.21. The minimum atomic E-state index is -0.164. The van der Waals surface area contributed by atoms with Gasteiger partial charge in [0.15, 0.2) is 12.9 Å². The summed E-state index contributed by atoms with van der Waals surface area (Å²) >= 11 is 11.4. The van der Waals surface area contributed by atoms with Crippen molar-refractivity contribution >= 4 is 29.5 Å². The van der Waals surface area contributed by atoms with Crippen LogP contribution in [0.15, 0.2) is 12.1 Å². The summed E-state index contributed by atoms with van der Waals surface area (Å²) in [6.07, 6.45) is 0.574. The Morgan fingerprint density at radius 2 is 2.21 bits per heavy atom. The summed E-state index contributed by atoms with van der Waals surface area (Å²) in [5, 5.41) is 8.87. The van der Waals surface area contributed by atoms with Crippen LogP contribution >= 0.6 is 23.2 Å². The maximum atomic E-state index is 10.6. The maximum absolute atomic E-state index is 10.6. The minimum absolute atomic E-state index is 0.164. The van der Waals surface area contributed by atoms with Crippen molar-refractivity contribution in [1.29, 1.82) is 5.26 Å². The molecule has 0 amide bonds. The number of benzene rings is 1. The smallest absolute Gasteiger partial charge is 0.174 e. The molecule has 0 heterocycles. The Bertz CT molecular complexity index is 399. The van der Waals surface area contributed by atoms with Gasteiger partial charge < -0.3 is 4.74 Å². The Kier molecular flexibility index (Phi) is 3.75. The molecule has 0 unspecified atom stereocenters. The second-order valence-corrected chi connectivity index (χ2v) is 3.21. The average molecular weight is 230 g/mol. The molecule has 0 bridgehead atoms. The van der Waals surface area contributed by atoms with Crippen LogP contribution in [0.2, 0.25) is 10.0 Å². The first-order chi connectivity index (χ1) is 6.69. The van der Waals surface area contributed by atoms with E-state index in [0.29, 0.717) is 11.3 Å². The number of carbonyl (C=O) groups excluding carboxylic acids is 1. The molecule has 0 aliphatic rings. The number of rotatable bonds is 3. The van der Waals surface area contributed by atoms with Crippen molar-refractivity contribution < 1.29 is 9.53 Å². The molecule has 0 aromatic heterocycles. The molecule has 0 atom stereocenters. The standard InChI is InChI=1S/C9H5Cl2NO2/c10-7-3-6(5-13)9(8(11)4-7)14-2-1-12/h3-5H,2H2. The molecule has 0 aliphatic carbocycles. The first-order valence-corrected chi connectivity index (χ1v) is 4.38. The highest BCUT2D eigenvalue weighted by Crippen LogP contribution is 2.31. The van der Waals surface area contributed by atoms with Crippen LogP contribution in [0, 0.1) is 11.3 Å². The molecule has 0 fully saturated rings. The zero-order valence-corrected chi connectivity index (χ0v) is 8.47. The largest absolute Gasteiger partial charge is 0.476 e. The first kappa shape index (κ1) is 10.8. The number of ether oxygens (including phenoxy) is 1. The summed E-state index contributed by atoms with van der Waals surface area (Å²) in [4.78, 5) is 10.6. The van der Waals surface area contributed by atoms with Crippen molar-refractivity contribution in [2.75, 3.05) is 6.61 Å². The van der Waals surface area contributed by atoms with Gasteiger partial charge in [-0.25, -0.2) is 0 Å². The summed E-state index contributed by atoms with van der Waals surface area (Å²) in [7, 11) is 0. The zero-order chi connectivity index (χ0) is 10.6. The van der Waals surface area contributed by atoms with Gasteiger partial charge in [-0.3, -0.25) is 4.79 Å². The third-order valence-corrected chi connectivity index (χ3v) is 1.94. The Morgan fingerprint density at radius 1 is 1.50 bits per heavy atom. The highest BCUT2D eigenvalue weighted by atomic mass is 35.5. The number of carbonyl (C=O) groups is 1. The fraction of sp³-hybridized carbons (Fsp3) is 0.111. The zero-order valence-electron chi connectivity index (χ0n) is 6.96. The van der Waals surface area contributed by atoms with Gasteiger partial charge in [-0.05, 0) is 12.1 Å². The van der Waals surface area contributed by atoms with E-state index in [1.807, 2.05) is 0 Å². The number of hydrogen-bond donors (Lipinski definition) is 0. The molecule has 0 saturated carbocycles. The molecule has 72 valence electrons. The van der Waals surface area contributed by atoms with Crippen molar-refractivity contribution in [2.45, 2.75) is 0 Å². The second-order valence-electron chi connectivity index (χ2n) is 2.37. The Hall–Kier alpha value is -1.24. The number of nitrogens with zero attached hydrogens (tertiary/aromatic N) is 1. The van der Waals surface area contributed by atoms with Gasteiger partial charge in [0.05, 0.1) is 10.6 Å². The summed E-state index contributed by atoms with van der Waals surface area (Å²) < 4.78 is 4.98. The van der Waals surface area contributed by atoms with Crippen LogP contribution < -0.4 is 4.74 Å². The molecule has 0 N–H and O–H groups in total. The molecule has 3 nitrogen and oxygen atoms in total. The van der Waals surface area contributed by atoms with Crippen molar-refractivity contribution in [3.05, 3.63) is 27.7 Å². The van der Waals surface area contributed by atoms with E-state index in [2.05, 4.69) is 0 Å². The number of halogens is 2. The highest BCUT2D eigenvalue weighted by molar-refractivity contribution is 6.36. The van der Waals surface area contributed by atoms with Crippen LogP contribution in [0.3, 0.4) is 0 Å². The monoisotopic (exact) mass is 229 g/mol. The van der Waals surface area contributed by atoms with Gasteiger partial charge >= 0.3 is 0 Å². The molecule has 1 aromatic rings. The number of aldehydes is 1. The van der Waals surface area contributed by atoms with Gasteiger partial charge in [0.25, 0.3) is 0 Å². The summed E-state index contributed by atoms with van der Waals surface area (Å²) in [6.45, 7) is -0.164. The van der Waals surface area contributed by atoms with Gasteiger partial charge in [0.2, 0.25) is 0 Å². The molecular weight excluding hydrogens is 225 g/mol. The van der Waals surface area contributed by atoms with Crippen molar-refractivity contribution in [3.8, 4) is 11.8 Å². The van der Waals surface area contributed by atoms with Crippen LogP contribution in [-0.4, -0.2) is 12.9 Å². The van der Waals surface area contributed by atoms with E-state index in [0.717, 1.165) is 0 Å². The van der Waals surface area contributed by atoms with Crippen LogP contribution in [0.5, 0.6) is 5.75 Å². The number of nitriles is 1. The van der Waals surface area contributed by atoms with E-state index in [-0.39, 0.29) is 22.9 Å². The molecular formula is C9H5Cl2NO2. The predicted octanol–water partition coefficient (Wildman–Crippen LogP) is 2.71. The second kappa shape index (κ2) is 4.85. The van der Waals surface area contributed by atoms with E-state index in [1.54, 1.807) is 6.07 Å². The molecule has 14 heavy (non-hydrogen) atoms. The number of hydrogen-bond acceptors (Lipinski definition) is 3. The van der Waals surface area contributed by atoms with E-state index in [1.165, 1.54) is 12.1 Å². The van der Waals surface area contributed by atoms with Gasteiger partial charge in [-0.2, -0.15) is 5.26 Å². The minimum Gasteiger partial charge on any atom is -0.476 e. The summed E-state index contributed by atoms with van der Waals surface area (Å²) in [6, 6.07) is 4.65. The quantitative estimate of drug-likeness (QED) is 0.750. The molecule has 0 aliphatic heterocycles. The van der Waals surface area contributed by atoms with Crippen molar-refractivity contribution in [1.82, 2.24) is 0 Å². The molecule has 0 spiro atoms. The highest BCUT2D eigenvalue weighted by Gasteiger charge is 2.09. The third kappa shape index (κ3) is 2.38. The Labute approximate surface area is 90.8 Å². The van der Waals surface area contributed by atoms with E-state index in [9.17, 15) is 4.79 Å². The molecule has 0 radical (unpaired) electrons.